The molecule has 1 saturated heterocycles. The maximum Gasteiger partial charge on any atom is 0.145 e. The highest BCUT2D eigenvalue weighted by Crippen LogP contribution is 2.19. The summed E-state index contributed by atoms with van der Waals surface area (Å²) in [5, 5.41) is 13.2. The van der Waals surface area contributed by atoms with E-state index in [-0.39, 0.29) is 0 Å². The molecule has 0 radical (unpaired) electrons. The number of rotatable bonds is 3. The van der Waals surface area contributed by atoms with Crippen LogP contribution in [0.2, 0.25) is 0 Å². The first-order chi connectivity index (χ1) is 8.75. The van der Waals surface area contributed by atoms with Crippen molar-refractivity contribution in [1.29, 1.82) is 0 Å². The van der Waals surface area contributed by atoms with Crippen molar-refractivity contribution in [2.75, 3.05) is 25.1 Å². The number of fused-ring (bicyclic) bond motifs is 1. The molecule has 2 aromatic rings. The average molecular weight is 245 g/mol. The van der Waals surface area contributed by atoms with Crippen LogP contribution in [0.1, 0.15) is 6.42 Å². The van der Waals surface area contributed by atoms with Crippen molar-refractivity contribution in [3.05, 3.63) is 30.5 Å². The van der Waals surface area contributed by atoms with Crippen molar-refractivity contribution in [1.82, 2.24) is 9.97 Å². The van der Waals surface area contributed by atoms with Gasteiger partial charge in [0.2, 0.25) is 0 Å². The fourth-order valence-electron chi connectivity index (χ4n) is 2.03. The predicted molar refractivity (Wildman–Crippen MR) is 68.4 cm³/mol. The molecule has 1 aliphatic heterocycles. The van der Waals surface area contributed by atoms with Crippen LogP contribution in [0.25, 0.3) is 11.0 Å². The van der Waals surface area contributed by atoms with Gasteiger partial charge in [0.1, 0.15) is 11.4 Å². The first-order valence-corrected chi connectivity index (χ1v) is 6.01. The van der Waals surface area contributed by atoms with Crippen LogP contribution < -0.4 is 5.32 Å². The van der Waals surface area contributed by atoms with Gasteiger partial charge in [-0.3, -0.25) is 4.98 Å². The second-order valence-electron chi connectivity index (χ2n) is 4.62. The highest BCUT2D eigenvalue weighted by atomic mass is 16.5. The zero-order chi connectivity index (χ0) is 12.4. The molecule has 0 saturated carbocycles. The smallest absolute Gasteiger partial charge is 0.145 e. The van der Waals surface area contributed by atoms with Crippen LogP contribution in [0, 0.1) is 0 Å². The van der Waals surface area contributed by atoms with Crippen LogP contribution in [0.5, 0.6) is 0 Å². The van der Waals surface area contributed by atoms with Crippen molar-refractivity contribution >= 4 is 16.9 Å². The molecule has 1 fully saturated rings. The third kappa shape index (κ3) is 2.27. The molecule has 1 atom stereocenters. The Morgan fingerprint density at radius 1 is 1.33 bits per heavy atom. The van der Waals surface area contributed by atoms with E-state index in [1.807, 2.05) is 24.3 Å². The van der Waals surface area contributed by atoms with Gasteiger partial charge in [0.15, 0.2) is 0 Å². The second kappa shape index (κ2) is 4.51. The number of benzene rings is 1. The molecule has 94 valence electrons. The van der Waals surface area contributed by atoms with Crippen LogP contribution in [0.3, 0.4) is 0 Å². The molecule has 1 aliphatic rings. The summed E-state index contributed by atoms with van der Waals surface area (Å²) in [4.78, 5) is 8.75. The SMILES string of the molecule is OC1(CNc2cnc3ccccc3n2)CCOC1. The Kier molecular flexibility index (Phi) is 2.85. The van der Waals surface area contributed by atoms with Crippen LogP contribution in [0.15, 0.2) is 30.5 Å². The summed E-state index contributed by atoms with van der Waals surface area (Å²) in [6, 6.07) is 7.70. The third-order valence-corrected chi connectivity index (χ3v) is 3.13. The van der Waals surface area contributed by atoms with E-state index in [1.165, 1.54) is 0 Å². The van der Waals surface area contributed by atoms with E-state index in [0.717, 1.165) is 11.0 Å². The molecule has 0 aliphatic carbocycles. The van der Waals surface area contributed by atoms with Gasteiger partial charge in [0, 0.05) is 19.6 Å². The van der Waals surface area contributed by atoms with Crippen molar-refractivity contribution in [2.24, 2.45) is 0 Å². The standard InChI is InChI=1S/C13H15N3O2/c17-13(5-6-18-9-13)8-15-12-7-14-10-3-1-2-4-11(10)16-12/h1-4,7,17H,5-6,8-9H2,(H,15,16). The van der Waals surface area contributed by atoms with Crippen LogP contribution >= 0.6 is 0 Å². The van der Waals surface area contributed by atoms with Gasteiger partial charge in [-0.15, -0.1) is 0 Å². The molecule has 2 heterocycles. The molecule has 1 aromatic heterocycles. The van der Waals surface area contributed by atoms with E-state index in [4.69, 9.17) is 4.74 Å². The Morgan fingerprint density at radius 2 is 2.17 bits per heavy atom. The molecular formula is C13H15N3O2. The van der Waals surface area contributed by atoms with Crippen LogP contribution in [-0.4, -0.2) is 40.4 Å². The van der Waals surface area contributed by atoms with Gasteiger partial charge in [0.25, 0.3) is 0 Å². The zero-order valence-corrected chi connectivity index (χ0v) is 9.97. The molecule has 0 spiro atoms. The molecule has 1 aromatic carbocycles. The zero-order valence-electron chi connectivity index (χ0n) is 9.97. The summed E-state index contributed by atoms with van der Waals surface area (Å²) in [6.45, 7) is 1.42. The number of ether oxygens (including phenoxy) is 1. The molecule has 3 rings (SSSR count). The van der Waals surface area contributed by atoms with Gasteiger partial charge in [-0.05, 0) is 12.1 Å². The first kappa shape index (κ1) is 11.4. The lowest BCUT2D eigenvalue weighted by Gasteiger charge is -2.20. The minimum Gasteiger partial charge on any atom is -0.386 e. The van der Waals surface area contributed by atoms with Gasteiger partial charge in [0.05, 0.1) is 23.8 Å². The quantitative estimate of drug-likeness (QED) is 0.850. The van der Waals surface area contributed by atoms with E-state index in [0.29, 0.717) is 32.0 Å². The van der Waals surface area contributed by atoms with E-state index < -0.39 is 5.60 Å². The average Bonchev–Trinajstić information content (AvgIpc) is 2.84. The Balaban J connectivity index is 1.74. The fourth-order valence-corrected chi connectivity index (χ4v) is 2.03. The van der Waals surface area contributed by atoms with Gasteiger partial charge in [-0.1, -0.05) is 12.1 Å². The summed E-state index contributed by atoms with van der Waals surface area (Å²) < 4.78 is 5.19. The Labute approximate surface area is 105 Å². The number of para-hydroxylation sites is 2. The summed E-state index contributed by atoms with van der Waals surface area (Å²) in [5.41, 5.74) is 0.927. The number of hydrogen-bond donors (Lipinski definition) is 2. The molecule has 0 bridgehead atoms. The van der Waals surface area contributed by atoms with E-state index in [2.05, 4.69) is 15.3 Å². The van der Waals surface area contributed by atoms with Crippen molar-refractivity contribution in [3.8, 4) is 0 Å². The predicted octanol–water partition coefficient (Wildman–Crippen LogP) is 1.19. The largest absolute Gasteiger partial charge is 0.386 e. The summed E-state index contributed by atoms with van der Waals surface area (Å²) in [6.07, 6.45) is 2.34. The lowest BCUT2D eigenvalue weighted by Crippen LogP contribution is -2.37. The molecular weight excluding hydrogens is 230 g/mol. The van der Waals surface area contributed by atoms with E-state index >= 15 is 0 Å². The number of anilines is 1. The molecule has 5 nitrogen and oxygen atoms in total. The van der Waals surface area contributed by atoms with Gasteiger partial charge >= 0.3 is 0 Å². The van der Waals surface area contributed by atoms with Crippen molar-refractivity contribution < 1.29 is 9.84 Å². The number of aromatic nitrogens is 2. The molecule has 1 unspecified atom stereocenters. The van der Waals surface area contributed by atoms with E-state index in [9.17, 15) is 5.11 Å². The highest BCUT2D eigenvalue weighted by molar-refractivity contribution is 5.75. The lowest BCUT2D eigenvalue weighted by atomic mass is 10.0. The monoisotopic (exact) mass is 245 g/mol. The topological polar surface area (TPSA) is 67.3 Å². The molecule has 18 heavy (non-hydrogen) atoms. The maximum atomic E-state index is 10.1. The summed E-state index contributed by atoms with van der Waals surface area (Å²) >= 11 is 0. The van der Waals surface area contributed by atoms with Crippen LogP contribution in [0.4, 0.5) is 5.82 Å². The van der Waals surface area contributed by atoms with Gasteiger partial charge < -0.3 is 15.2 Å². The van der Waals surface area contributed by atoms with Gasteiger partial charge in [-0.25, -0.2) is 4.98 Å². The second-order valence-corrected chi connectivity index (χ2v) is 4.62. The Bertz CT molecular complexity index is 553. The van der Waals surface area contributed by atoms with Gasteiger partial charge in [-0.2, -0.15) is 0 Å². The molecule has 2 N–H and O–H groups in total. The summed E-state index contributed by atoms with van der Waals surface area (Å²) in [7, 11) is 0. The maximum absolute atomic E-state index is 10.1. The number of nitrogens with zero attached hydrogens (tertiary/aromatic N) is 2. The fraction of sp³-hybridized carbons (Fsp3) is 0.385. The third-order valence-electron chi connectivity index (χ3n) is 3.13. The lowest BCUT2D eigenvalue weighted by molar-refractivity contribution is 0.0381. The number of nitrogens with one attached hydrogen (secondary N) is 1. The minimum atomic E-state index is -0.784. The Hall–Kier alpha value is -1.72. The van der Waals surface area contributed by atoms with E-state index in [1.54, 1.807) is 6.20 Å². The van der Waals surface area contributed by atoms with Crippen molar-refractivity contribution in [3.63, 3.8) is 0 Å². The normalized spacial score (nSPS) is 23.4. The first-order valence-electron chi connectivity index (χ1n) is 6.01. The van der Waals surface area contributed by atoms with Crippen molar-refractivity contribution in [2.45, 2.75) is 12.0 Å². The summed E-state index contributed by atoms with van der Waals surface area (Å²) in [5.74, 6) is 0.675. The highest BCUT2D eigenvalue weighted by Gasteiger charge is 2.31. The Morgan fingerprint density at radius 3 is 2.94 bits per heavy atom. The number of hydrogen-bond acceptors (Lipinski definition) is 5. The van der Waals surface area contributed by atoms with Crippen LogP contribution in [-0.2, 0) is 4.74 Å². The molecule has 5 heteroatoms. The number of aliphatic hydroxyl groups is 1. The molecule has 0 amide bonds. The minimum absolute atomic E-state index is 0.376.